The maximum atomic E-state index is 14.5. The molecule has 4 amide bonds. The number of benzene rings is 1. The number of nitrogens with one attached hydrogen (secondary N) is 1. The lowest BCUT2D eigenvalue weighted by Crippen LogP contribution is -2.76. The molecule has 1 unspecified atom stereocenters. The van der Waals surface area contributed by atoms with E-state index in [9.17, 15) is 33.6 Å². The summed E-state index contributed by atoms with van der Waals surface area (Å²) in [6.07, 6.45) is -0.0361. The zero-order valence-electron chi connectivity index (χ0n) is 27.6. The minimum atomic E-state index is -1.24. The fourth-order valence-corrected chi connectivity index (χ4v) is 7.16. The molecular formula is C33H43N6O9+. The van der Waals surface area contributed by atoms with E-state index in [4.69, 9.17) is 15.3 Å². The van der Waals surface area contributed by atoms with Crippen molar-refractivity contribution >= 4 is 52.3 Å². The van der Waals surface area contributed by atoms with Gasteiger partial charge in [0.15, 0.2) is 17.1 Å². The van der Waals surface area contributed by atoms with Crippen LogP contribution in [0, 0.1) is 17.8 Å². The largest absolute Gasteiger partial charge is 0.481 e. The highest BCUT2D eigenvalue weighted by molar-refractivity contribution is 6.27. The summed E-state index contributed by atoms with van der Waals surface area (Å²) in [6.45, 7) is 7.66. The minimum Gasteiger partial charge on any atom is -0.481 e. The van der Waals surface area contributed by atoms with E-state index < -0.39 is 88.1 Å². The number of urea groups is 1. The molecule has 1 saturated carbocycles. The molecule has 3 fully saturated rings. The van der Waals surface area contributed by atoms with Gasteiger partial charge in [-0.25, -0.2) is 14.6 Å². The number of hydrogen-bond acceptors (Lipinski definition) is 11. The van der Waals surface area contributed by atoms with Gasteiger partial charge in [0.1, 0.15) is 42.0 Å². The fraction of sp³-hybridized carbons (Fsp3) is 0.576. The number of fused-ring (bicyclic) bond motifs is 1. The van der Waals surface area contributed by atoms with Crippen molar-refractivity contribution in [2.24, 2.45) is 23.5 Å². The van der Waals surface area contributed by atoms with Crippen LogP contribution in [-0.2, 0) is 24.0 Å². The van der Waals surface area contributed by atoms with Gasteiger partial charge in [-0.05, 0) is 24.0 Å². The quantitative estimate of drug-likeness (QED) is 0.184. The van der Waals surface area contributed by atoms with Crippen LogP contribution >= 0.6 is 0 Å². The SMILES string of the molecule is CC(C)[C@H](N)C(=O)[N+]1(C(=O)N[C@H](C(=O)c2nc3ccccc3o2)C(C)C)CCC[C@H]1C1C(=O)C(N2CCN(C(=O)CC(=O)O)CC2)C1=O. The van der Waals surface area contributed by atoms with Crippen molar-refractivity contribution in [3.8, 4) is 0 Å². The highest BCUT2D eigenvalue weighted by atomic mass is 16.4. The first-order valence-electron chi connectivity index (χ1n) is 16.4. The second-order valence-electron chi connectivity index (χ2n) is 13.6. The van der Waals surface area contributed by atoms with Crippen LogP contribution < -0.4 is 11.1 Å². The fourth-order valence-electron chi connectivity index (χ4n) is 7.16. The number of nitrogens with zero attached hydrogens (tertiary/aromatic N) is 4. The molecule has 0 radical (unpaired) electrons. The van der Waals surface area contributed by atoms with E-state index in [1.807, 2.05) is 0 Å². The third kappa shape index (κ3) is 6.17. The van der Waals surface area contributed by atoms with E-state index in [-0.39, 0.29) is 51.0 Å². The molecule has 2 saturated heterocycles. The lowest BCUT2D eigenvalue weighted by Gasteiger charge is -2.47. The van der Waals surface area contributed by atoms with Crippen LogP contribution in [0.5, 0.6) is 0 Å². The second kappa shape index (κ2) is 13.6. The molecule has 15 heteroatoms. The van der Waals surface area contributed by atoms with Crippen LogP contribution in [0.4, 0.5) is 4.79 Å². The number of likely N-dealkylation sites (tertiary alicyclic amines) is 1. The number of Topliss-reactive ketones (excluding diaryl/α,β-unsaturated/α-hetero) is 3. The zero-order valence-corrected chi connectivity index (χ0v) is 27.6. The Hall–Kier alpha value is -4.34. The van der Waals surface area contributed by atoms with Crippen molar-refractivity contribution in [3.05, 3.63) is 30.2 Å². The number of imide groups is 1. The molecule has 2 aromatic rings. The smallest absolute Gasteiger partial charge is 0.424 e. The van der Waals surface area contributed by atoms with E-state index in [2.05, 4.69) is 10.3 Å². The lowest BCUT2D eigenvalue weighted by atomic mass is 9.70. The average Bonchev–Trinajstić information content (AvgIpc) is 3.68. The maximum absolute atomic E-state index is 14.5. The number of carboxylic acids is 1. The van der Waals surface area contributed by atoms with E-state index in [0.29, 0.717) is 17.5 Å². The number of para-hydroxylation sites is 2. The Morgan fingerprint density at radius 2 is 1.67 bits per heavy atom. The second-order valence-corrected chi connectivity index (χ2v) is 13.6. The summed E-state index contributed by atoms with van der Waals surface area (Å²) >= 11 is 0. The van der Waals surface area contributed by atoms with Crippen molar-refractivity contribution in [1.82, 2.24) is 20.1 Å². The lowest BCUT2D eigenvalue weighted by molar-refractivity contribution is -0.790. The van der Waals surface area contributed by atoms with Crippen LogP contribution in [0.3, 0.4) is 0 Å². The summed E-state index contributed by atoms with van der Waals surface area (Å²) in [4.78, 5) is 100. The molecule has 1 aromatic carbocycles. The topological polar surface area (TPSA) is 210 Å². The van der Waals surface area contributed by atoms with Crippen molar-refractivity contribution in [3.63, 3.8) is 0 Å². The number of nitrogens with two attached hydrogens (primary N) is 1. The van der Waals surface area contributed by atoms with Gasteiger partial charge in [-0.1, -0.05) is 39.8 Å². The molecule has 1 aliphatic carbocycles. The molecule has 15 nitrogen and oxygen atoms in total. The minimum absolute atomic E-state index is 0.00371. The molecule has 1 aromatic heterocycles. The van der Waals surface area contributed by atoms with Gasteiger partial charge in [0, 0.05) is 39.0 Å². The first-order valence-corrected chi connectivity index (χ1v) is 16.4. The van der Waals surface area contributed by atoms with Gasteiger partial charge in [0.25, 0.3) is 5.89 Å². The number of amides is 4. The van der Waals surface area contributed by atoms with Crippen LogP contribution in [0.1, 0.15) is 57.6 Å². The van der Waals surface area contributed by atoms with E-state index in [1.165, 1.54) is 4.90 Å². The average molecular weight is 668 g/mol. The number of aromatic nitrogens is 1. The monoisotopic (exact) mass is 667 g/mol. The van der Waals surface area contributed by atoms with Gasteiger partial charge in [-0.3, -0.25) is 34.2 Å². The Morgan fingerprint density at radius 1 is 1.02 bits per heavy atom. The molecule has 3 aliphatic rings. The van der Waals surface area contributed by atoms with Gasteiger partial charge >= 0.3 is 17.9 Å². The maximum Gasteiger partial charge on any atom is 0.424 e. The van der Waals surface area contributed by atoms with Crippen molar-refractivity contribution in [2.75, 3.05) is 32.7 Å². The van der Waals surface area contributed by atoms with Crippen molar-refractivity contribution in [2.45, 2.75) is 71.1 Å². The standard InChI is InChI=1S/C33H42N6O9/c1-17(2)25(34)32(46)39(33(47)36-26(18(3)4)30(45)31-35-19-8-5-6-10-21(19)48-31)15-7-9-20(39)24-28(43)27(29(24)44)38-13-11-37(12-14-38)22(40)16-23(41)42/h5-6,8,10,17-18,20,24-27H,7,9,11-16,34H2,1-4H3,(H-,36,41,42,47)/p+1/t20-,24?,25-,26-,27?,39?/m0/s1. The third-order valence-electron chi connectivity index (χ3n) is 9.94. The molecule has 258 valence electrons. The number of carbonyl (C=O) groups is 7. The van der Waals surface area contributed by atoms with Crippen molar-refractivity contribution in [1.29, 1.82) is 0 Å². The molecule has 3 heterocycles. The summed E-state index contributed by atoms with van der Waals surface area (Å²) in [7, 11) is 0. The first kappa shape index (κ1) is 35.0. The number of oxazole rings is 1. The summed E-state index contributed by atoms with van der Waals surface area (Å²) in [6, 6.07) is 1.73. The molecule has 4 atom stereocenters. The number of ketones is 3. The van der Waals surface area contributed by atoms with Crippen LogP contribution in [0.15, 0.2) is 28.7 Å². The van der Waals surface area contributed by atoms with Gasteiger partial charge < -0.3 is 20.2 Å². The molecular weight excluding hydrogens is 624 g/mol. The first-order chi connectivity index (χ1) is 22.7. The third-order valence-corrected chi connectivity index (χ3v) is 9.94. The predicted molar refractivity (Wildman–Crippen MR) is 169 cm³/mol. The van der Waals surface area contributed by atoms with E-state index in [0.717, 1.165) is 0 Å². The number of carbonyl (C=O) groups excluding carboxylic acids is 6. The summed E-state index contributed by atoms with van der Waals surface area (Å²) in [5.74, 6) is -6.04. The van der Waals surface area contributed by atoms with Crippen LogP contribution in [0.2, 0.25) is 0 Å². The highest BCUT2D eigenvalue weighted by Gasteiger charge is 2.67. The van der Waals surface area contributed by atoms with Crippen molar-refractivity contribution < 1.29 is 47.6 Å². The molecule has 48 heavy (non-hydrogen) atoms. The van der Waals surface area contributed by atoms with Crippen LogP contribution in [-0.4, -0.2) is 122 Å². The number of hydrogen-bond donors (Lipinski definition) is 3. The molecule has 2 aliphatic heterocycles. The van der Waals surface area contributed by atoms with Crippen LogP contribution in [0.25, 0.3) is 11.1 Å². The number of aliphatic carboxylic acids is 1. The number of rotatable bonds is 10. The molecule has 5 rings (SSSR count). The van der Waals surface area contributed by atoms with Gasteiger partial charge in [-0.2, -0.15) is 4.48 Å². The Kier molecular flexibility index (Phi) is 9.94. The number of quaternary nitrogens is 1. The Balaban J connectivity index is 1.39. The number of piperazine rings is 1. The summed E-state index contributed by atoms with van der Waals surface area (Å²) < 4.78 is 4.81. The number of carboxylic acid groups (broad SMARTS) is 1. The normalized spacial score (nSPS) is 26.1. The molecule has 4 N–H and O–H groups in total. The molecule has 0 spiro atoms. The molecule has 0 bridgehead atoms. The highest BCUT2D eigenvalue weighted by Crippen LogP contribution is 2.41. The Labute approximate surface area is 277 Å². The predicted octanol–water partition coefficient (Wildman–Crippen LogP) is 0.989. The van der Waals surface area contributed by atoms with E-state index in [1.54, 1.807) is 56.9 Å². The zero-order chi connectivity index (χ0) is 35.1. The van der Waals surface area contributed by atoms with E-state index >= 15 is 0 Å². The van der Waals surface area contributed by atoms with Gasteiger partial charge in [-0.15, -0.1) is 0 Å². The van der Waals surface area contributed by atoms with Gasteiger partial charge in [0.05, 0.1) is 6.54 Å². The Bertz CT molecular complexity index is 1600. The summed E-state index contributed by atoms with van der Waals surface area (Å²) in [5, 5.41) is 11.7. The summed E-state index contributed by atoms with van der Waals surface area (Å²) in [5.41, 5.74) is 7.24. The van der Waals surface area contributed by atoms with Gasteiger partial charge in [0.2, 0.25) is 11.7 Å². The Morgan fingerprint density at radius 3 is 2.25 bits per heavy atom.